The molecule has 0 saturated carbocycles. The highest BCUT2D eigenvalue weighted by Gasteiger charge is 2.29. The average Bonchev–Trinajstić information content (AvgIpc) is 3.13. The summed E-state index contributed by atoms with van der Waals surface area (Å²) in [6.07, 6.45) is 7.76. The van der Waals surface area contributed by atoms with Crippen molar-refractivity contribution in [2.75, 3.05) is 19.1 Å². The molecule has 3 rings (SSSR count). The van der Waals surface area contributed by atoms with Crippen molar-refractivity contribution in [3.8, 4) is 5.69 Å². The third-order valence-corrected chi connectivity index (χ3v) is 4.09. The number of aromatic carboxylic acids is 1. The molecule has 0 aliphatic carbocycles. The van der Waals surface area contributed by atoms with Crippen LogP contribution in [0.3, 0.4) is 0 Å². The van der Waals surface area contributed by atoms with Crippen molar-refractivity contribution in [2.24, 2.45) is 0 Å². The summed E-state index contributed by atoms with van der Waals surface area (Å²) >= 11 is 0. The minimum Gasteiger partial charge on any atom is -0.476 e. The third kappa shape index (κ3) is 3.79. The lowest BCUT2D eigenvalue weighted by Crippen LogP contribution is -2.27. The van der Waals surface area contributed by atoms with Gasteiger partial charge in [0, 0.05) is 12.4 Å². The van der Waals surface area contributed by atoms with Crippen LogP contribution in [0.1, 0.15) is 10.5 Å². The molecule has 9 nitrogen and oxygen atoms in total. The number of rotatable bonds is 5. The first-order chi connectivity index (χ1) is 14.0. The molecule has 2 aromatic rings. The molecule has 1 aliphatic heterocycles. The first-order valence-electron chi connectivity index (χ1n) is 8.41. The number of anilines is 1. The van der Waals surface area contributed by atoms with Gasteiger partial charge in [-0.25, -0.2) is 19.1 Å². The molecule has 0 saturated heterocycles. The molecule has 1 aromatic carbocycles. The molecular formula is C20H17N3O6. The second-order valence-electron chi connectivity index (χ2n) is 5.76. The van der Waals surface area contributed by atoms with E-state index in [1.165, 1.54) is 42.1 Å². The summed E-state index contributed by atoms with van der Waals surface area (Å²) in [5, 5.41) is 13.2. The Bertz CT molecular complexity index is 1060. The lowest BCUT2D eigenvalue weighted by molar-refractivity contribution is -0.139. The van der Waals surface area contributed by atoms with Gasteiger partial charge >= 0.3 is 17.9 Å². The van der Waals surface area contributed by atoms with Gasteiger partial charge in [0.1, 0.15) is 5.70 Å². The number of hydrogen-bond donors (Lipinski definition) is 1. The third-order valence-electron chi connectivity index (χ3n) is 4.09. The molecule has 0 atom stereocenters. The van der Waals surface area contributed by atoms with Crippen molar-refractivity contribution in [3.63, 3.8) is 0 Å². The second kappa shape index (κ2) is 8.26. The number of nitrogens with zero attached hydrogens (tertiary/aromatic N) is 3. The lowest BCUT2D eigenvalue weighted by atomic mass is 10.1. The Balaban J connectivity index is 2.21. The summed E-state index contributed by atoms with van der Waals surface area (Å²) in [5.74, 6) is -2.62. The Hall–Kier alpha value is -4.14. The molecular weight excluding hydrogens is 378 g/mol. The number of allylic oxidation sites excluding steroid dienone is 2. The summed E-state index contributed by atoms with van der Waals surface area (Å²) in [6, 6.07) is 8.23. The van der Waals surface area contributed by atoms with Gasteiger partial charge in [0.25, 0.3) is 0 Å². The predicted octanol–water partition coefficient (Wildman–Crippen LogP) is 2.06. The topological polar surface area (TPSA) is 111 Å². The summed E-state index contributed by atoms with van der Waals surface area (Å²) < 4.78 is 11.1. The van der Waals surface area contributed by atoms with Crippen LogP contribution in [-0.4, -0.2) is 47.0 Å². The first-order valence-corrected chi connectivity index (χ1v) is 8.41. The number of carboxylic acids is 1. The molecule has 1 aliphatic rings. The van der Waals surface area contributed by atoms with Gasteiger partial charge in [-0.2, -0.15) is 5.10 Å². The molecule has 29 heavy (non-hydrogen) atoms. The molecule has 1 N–H and O–H groups in total. The SMILES string of the molecule is COC(=O)C1=C(C(=O)OC)N(c2ccccc2-n2ccc(C(=O)O)n2)C=CC=C1. The van der Waals surface area contributed by atoms with E-state index in [4.69, 9.17) is 14.6 Å². The van der Waals surface area contributed by atoms with Crippen LogP contribution in [0, 0.1) is 0 Å². The highest BCUT2D eigenvalue weighted by Crippen LogP contribution is 2.31. The number of benzene rings is 1. The van der Waals surface area contributed by atoms with E-state index in [0.717, 1.165) is 0 Å². The zero-order valence-corrected chi connectivity index (χ0v) is 15.6. The van der Waals surface area contributed by atoms with Crippen molar-refractivity contribution >= 4 is 23.6 Å². The van der Waals surface area contributed by atoms with Gasteiger partial charge in [-0.05, 0) is 30.4 Å². The molecule has 0 bridgehead atoms. The smallest absolute Gasteiger partial charge is 0.356 e. The molecule has 0 radical (unpaired) electrons. The van der Waals surface area contributed by atoms with Gasteiger partial charge in [0.15, 0.2) is 5.69 Å². The number of carbonyl (C=O) groups excluding carboxylic acids is 2. The number of esters is 2. The number of methoxy groups -OCH3 is 2. The van der Waals surface area contributed by atoms with Crippen LogP contribution in [0.5, 0.6) is 0 Å². The summed E-state index contributed by atoms with van der Waals surface area (Å²) in [6.45, 7) is 0. The molecule has 9 heteroatoms. The van der Waals surface area contributed by atoms with Crippen LogP contribution in [0.25, 0.3) is 5.69 Å². The van der Waals surface area contributed by atoms with E-state index in [1.54, 1.807) is 42.6 Å². The maximum atomic E-state index is 12.6. The Labute approximate surface area is 165 Å². The summed E-state index contributed by atoms with van der Waals surface area (Å²) in [7, 11) is 2.42. The molecule has 0 amide bonds. The second-order valence-corrected chi connectivity index (χ2v) is 5.76. The van der Waals surface area contributed by atoms with Crippen LogP contribution in [0.15, 0.2) is 72.2 Å². The molecule has 1 aromatic heterocycles. The Morgan fingerprint density at radius 3 is 2.28 bits per heavy atom. The molecule has 0 unspecified atom stereocenters. The van der Waals surface area contributed by atoms with Gasteiger partial charge in [-0.15, -0.1) is 0 Å². The maximum Gasteiger partial charge on any atom is 0.356 e. The van der Waals surface area contributed by atoms with Crippen molar-refractivity contribution < 1.29 is 29.0 Å². The van der Waals surface area contributed by atoms with Crippen molar-refractivity contribution in [3.05, 3.63) is 77.9 Å². The van der Waals surface area contributed by atoms with Gasteiger partial charge in [0.05, 0.1) is 31.2 Å². The van der Waals surface area contributed by atoms with E-state index in [2.05, 4.69) is 5.10 Å². The van der Waals surface area contributed by atoms with E-state index in [1.807, 2.05) is 0 Å². The highest BCUT2D eigenvalue weighted by atomic mass is 16.5. The van der Waals surface area contributed by atoms with E-state index in [0.29, 0.717) is 11.4 Å². The monoisotopic (exact) mass is 395 g/mol. The van der Waals surface area contributed by atoms with Gasteiger partial charge in [-0.1, -0.05) is 18.2 Å². The Morgan fingerprint density at radius 1 is 0.966 bits per heavy atom. The van der Waals surface area contributed by atoms with Gasteiger partial charge < -0.3 is 19.5 Å². The quantitative estimate of drug-likeness (QED) is 0.766. The lowest BCUT2D eigenvalue weighted by Gasteiger charge is -2.25. The zero-order chi connectivity index (χ0) is 21.0. The van der Waals surface area contributed by atoms with Gasteiger partial charge in [-0.3, -0.25) is 0 Å². The number of aromatic nitrogens is 2. The largest absolute Gasteiger partial charge is 0.476 e. The molecule has 0 fully saturated rings. The van der Waals surface area contributed by atoms with Crippen LogP contribution in [0.4, 0.5) is 5.69 Å². The Kier molecular flexibility index (Phi) is 5.59. The minimum absolute atomic E-state index is 0.00541. The molecule has 0 spiro atoms. The molecule has 2 heterocycles. The highest BCUT2D eigenvalue weighted by molar-refractivity contribution is 6.05. The maximum absolute atomic E-state index is 12.6. The van der Waals surface area contributed by atoms with E-state index in [-0.39, 0.29) is 17.0 Å². The number of para-hydroxylation sites is 2. The van der Waals surface area contributed by atoms with Crippen LogP contribution < -0.4 is 4.90 Å². The van der Waals surface area contributed by atoms with Crippen LogP contribution in [0.2, 0.25) is 0 Å². The Morgan fingerprint density at radius 2 is 1.66 bits per heavy atom. The molecule has 148 valence electrons. The van der Waals surface area contributed by atoms with Crippen molar-refractivity contribution in [1.82, 2.24) is 9.78 Å². The standard InChI is InChI=1S/C20H17N3O6/c1-28-19(26)13-7-5-6-11-22(17(13)20(27)29-2)15-8-3-4-9-16(15)23-12-10-14(21-23)18(24)25/h3-12H,1-2H3,(H,24,25). The fraction of sp³-hybridized carbons (Fsp3) is 0.100. The predicted molar refractivity (Wildman–Crippen MR) is 102 cm³/mol. The van der Waals surface area contributed by atoms with Gasteiger partial charge in [0.2, 0.25) is 0 Å². The van der Waals surface area contributed by atoms with E-state index >= 15 is 0 Å². The van der Waals surface area contributed by atoms with Crippen molar-refractivity contribution in [2.45, 2.75) is 0 Å². The zero-order valence-electron chi connectivity index (χ0n) is 15.6. The fourth-order valence-corrected chi connectivity index (χ4v) is 2.78. The number of carboxylic acid groups (broad SMARTS) is 1. The van der Waals surface area contributed by atoms with Crippen LogP contribution in [-0.2, 0) is 19.1 Å². The number of hydrogen-bond acceptors (Lipinski definition) is 7. The summed E-state index contributed by atoms with van der Waals surface area (Å²) in [5.41, 5.74) is 0.770. The average molecular weight is 395 g/mol. The summed E-state index contributed by atoms with van der Waals surface area (Å²) in [4.78, 5) is 37.5. The number of carbonyl (C=O) groups is 3. The van der Waals surface area contributed by atoms with E-state index < -0.39 is 17.9 Å². The normalized spacial score (nSPS) is 13.2. The van der Waals surface area contributed by atoms with Crippen LogP contribution >= 0.6 is 0 Å². The first kappa shape index (κ1) is 19.6. The number of ether oxygens (including phenoxy) is 2. The van der Waals surface area contributed by atoms with E-state index in [9.17, 15) is 14.4 Å². The minimum atomic E-state index is -1.16. The van der Waals surface area contributed by atoms with Crippen molar-refractivity contribution in [1.29, 1.82) is 0 Å². The fourth-order valence-electron chi connectivity index (χ4n) is 2.78.